The van der Waals surface area contributed by atoms with Gasteiger partial charge in [-0.05, 0) is 49.6 Å². The summed E-state index contributed by atoms with van der Waals surface area (Å²) in [7, 11) is 5.08. The molecule has 2 rings (SSSR count). The third-order valence-corrected chi connectivity index (χ3v) is 3.97. The van der Waals surface area contributed by atoms with E-state index in [2.05, 4.69) is 20.8 Å². The molecule has 21 heavy (non-hydrogen) atoms. The van der Waals surface area contributed by atoms with E-state index in [-0.39, 0.29) is 0 Å². The Bertz CT molecular complexity index is 643. The molecule has 0 atom stereocenters. The van der Waals surface area contributed by atoms with Gasteiger partial charge >= 0.3 is 0 Å². The summed E-state index contributed by atoms with van der Waals surface area (Å²) >= 11 is 0. The second-order valence-corrected chi connectivity index (χ2v) is 5.04. The van der Waals surface area contributed by atoms with Crippen LogP contribution in [0, 0.1) is 20.8 Å². The van der Waals surface area contributed by atoms with E-state index in [4.69, 9.17) is 14.2 Å². The van der Waals surface area contributed by atoms with Crippen LogP contribution in [0.5, 0.6) is 17.2 Å². The first-order valence-electron chi connectivity index (χ1n) is 6.91. The summed E-state index contributed by atoms with van der Waals surface area (Å²) in [6, 6.07) is 7.99. The van der Waals surface area contributed by atoms with Crippen LogP contribution in [0.25, 0.3) is 11.1 Å². The minimum absolute atomic E-state index is 0.839. The van der Waals surface area contributed by atoms with Gasteiger partial charge in [-0.25, -0.2) is 0 Å². The molecular weight excluding hydrogens is 264 g/mol. The highest BCUT2D eigenvalue weighted by Gasteiger charge is 2.19. The number of rotatable bonds is 4. The van der Waals surface area contributed by atoms with Crippen molar-refractivity contribution in [2.24, 2.45) is 0 Å². The molecule has 0 aromatic heterocycles. The second kappa shape index (κ2) is 6.08. The summed E-state index contributed by atoms with van der Waals surface area (Å²) < 4.78 is 16.5. The molecule has 0 aliphatic heterocycles. The van der Waals surface area contributed by atoms with E-state index >= 15 is 0 Å². The van der Waals surface area contributed by atoms with Crippen molar-refractivity contribution in [3.8, 4) is 28.4 Å². The lowest BCUT2D eigenvalue weighted by Crippen LogP contribution is -2.01. The van der Waals surface area contributed by atoms with Gasteiger partial charge in [-0.1, -0.05) is 12.1 Å². The quantitative estimate of drug-likeness (QED) is 0.838. The summed E-state index contributed by atoms with van der Waals surface area (Å²) in [4.78, 5) is 0. The molecule has 0 saturated heterocycles. The number of methoxy groups -OCH3 is 3. The fourth-order valence-corrected chi connectivity index (χ4v) is 2.76. The predicted octanol–water partition coefficient (Wildman–Crippen LogP) is 4.30. The van der Waals surface area contributed by atoms with E-state index in [9.17, 15) is 0 Å². The summed E-state index contributed by atoms with van der Waals surface area (Å²) in [6.45, 7) is 6.18. The molecule has 3 heteroatoms. The molecule has 0 amide bonds. The Hall–Kier alpha value is -2.16. The molecule has 0 unspecified atom stereocenters. The summed E-state index contributed by atoms with van der Waals surface area (Å²) in [5.74, 6) is 2.65. The molecule has 0 N–H and O–H groups in total. The Labute approximate surface area is 126 Å². The maximum atomic E-state index is 5.66. The number of benzene rings is 2. The van der Waals surface area contributed by atoms with E-state index in [0.717, 1.165) is 45.1 Å². The fourth-order valence-electron chi connectivity index (χ4n) is 2.76. The van der Waals surface area contributed by atoms with Gasteiger partial charge in [0.15, 0.2) is 0 Å². The largest absolute Gasteiger partial charge is 0.497 e. The van der Waals surface area contributed by atoms with Gasteiger partial charge in [-0.2, -0.15) is 0 Å². The molecule has 0 fully saturated rings. The lowest BCUT2D eigenvalue weighted by molar-refractivity contribution is 0.396. The van der Waals surface area contributed by atoms with Gasteiger partial charge in [0.05, 0.1) is 21.3 Å². The van der Waals surface area contributed by atoms with Crippen molar-refractivity contribution in [3.05, 3.63) is 41.0 Å². The average molecular weight is 286 g/mol. The molecular formula is C18H22O3. The normalized spacial score (nSPS) is 10.4. The second-order valence-electron chi connectivity index (χ2n) is 5.04. The van der Waals surface area contributed by atoms with Crippen LogP contribution >= 0.6 is 0 Å². The Balaban J connectivity index is 2.73. The molecule has 0 bridgehead atoms. The zero-order chi connectivity index (χ0) is 15.6. The van der Waals surface area contributed by atoms with Crippen LogP contribution < -0.4 is 14.2 Å². The highest BCUT2D eigenvalue weighted by atomic mass is 16.5. The van der Waals surface area contributed by atoms with Crippen molar-refractivity contribution in [1.82, 2.24) is 0 Å². The smallest absolute Gasteiger partial charge is 0.130 e. The Kier molecular flexibility index (Phi) is 4.41. The Morgan fingerprint density at radius 2 is 1.14 bits per heavy atom. The van der Waals surface area contributed by atoms with E-state index in [1.54, 1.807) is 21.3 Å². The van der Waals surface area contributed by atoms with E-state index in [0.29, 0.717) is 0 Å². The van der Waals surface area contributed by atoms with Crippen LogP contribution in [-0.2, 0) is 0 Å². The lowest BCUT2D eigenvalue weighted by atomic mass is 9.92. The number of hydrogen-bond donors (Lipinski definition) is 0. The lowest BCUT2D eigenvalue weighted by Gasteiger charge is -2.20. The van der Waals surface area contributed by atoms with Crippen molar-refractivity contribution in [2.75, 3.05) is 21.3 Å². The third-order valence-electron chi connectivity index (χ3n) is 3.97. The standard InChI is InChI=1S/C18H22O3/c1-11-12(2)18(21-6)16(13(3)17(11)20-5)14-7-9-15(19-4)10-8-14/h7-10H,1-6H3. The summed E-state index contributed by atoms with van der Waals surface area (Å²) in [5, 5.41) is 0. The summed E-state index contributed by atoms with van der Waals surface area (Å²) in [5.41, 5.74) is 5.46. The van der Waals surface area contributed by atoms with Crippen LogP contribution in [0.2, 0.25) is 0 Å². The molecule has 112 valence electrons. The molecule has 3 nitrogen and oxygen atoms in total. The van der Waals surface area contributed by atoms with Gasteiger partial charge < -0.3 is 14.2 Å². The maximum absolute atomic E-state index is 5.66. The van der Waals surface area contributed by atoms with Crippen LogP contribution in [0.4, 0.5) is 0 Å². The average Bonchev–Trinajstić information content (AvgIpc) is 2.51. The molecule has 0 heterocycles. The van der Waals surface area contributed by atoms with Crippen molar-refractivity contribution in [3.63, 3.8) is 0 Å². The van der Waals surface area contributed by atoms with Crippen molar-refractivity contribution in [2.45, 2.75) is 20.8 Å². The fraction of sp³-hybridized carbons (Fsp3) is 0.333. The first-order valence-corrected chi connectivity index (χ1v) is 6.91. The van der Waals surface area contributed by atoms with E-state index in [1.165, 1.54) is 0 Å². The van der Waals surface area contributed by atoms with Gasteiger partial charge in [0, 0.05) is 11.1 Å². The van der Waals surface area contributed by atoms with Gasteiger partial charge in [0.2, 0.25) is 0 Å². The van der Waals surface area contributed by atoms with Crippen LogP contribution in [-0.4, -0.2) is 21.3 Å². The first kappa shape index (κ1) is 15.2. The monoisotopic (exact) mass is 286 g/mol. The zero-order valence-corrected chi connectivity index (χ0v) is 13.5. The molecule has 0 aliphatic carbocycles. The molecule has 0 spiro atoms. The highest BCUT2D eigenvalue weighted by Crippen LogP contribution is 2.43. The zero-order valence-electron chi connectivity index (χ0n) is 13.5. The van der Waals surface area contributed by atoms with Crippen LogP contribution in [0.3, 0.4) is 0 Å². The van der Waals surface area contributed by atoms with Gasteiger partial charge in [0.25, 0.3) is 0 Å². The number of hydrogen-bond acceptors (Lipinski definition) is 3. The van der Waals surface area contributed by atoms with E-state index < -0.39 is 0 Å². The predicted molar refractivity (Wildman–Crippen MR) is 85.7 cm³/mol. The minimum atomic E-state index is 0.839. The van der Waals surface area contributed by atoms with Crippen molar-refractivity contribution < 1.29 is 14.2 Å². The van der Waals surface area contributed by atoms with Crippen LogP contribution in [0.1, 0.15) is 16.7 Å². The maximum Gasteiger partial charge on any atom is 0.130 e. The first-order chi connectivity index (χ1) is 10.0. The topological polar surface area (TPSA) is 27.7 Å². The molecule has 0 aliphatic rings. The van der Waals surface area contributed by atoms with Crippen molar-refractivity contribution >= 4 is 0 Å². The molecule has 2 aromatic rings. The van der Waals surface area contributed by atoms with Gasteiger partial charge in [-0.3, -0.25) is 0 Å². The van der Waals surface area contributed by atoms with E-state index in [1.807, 2.05) is 24.3 Å². The SMILES string of the molecule is COc1ccc(-c2c(C)c(OC)c(C)c(C)c2OC)cc1. The molecule has 2 aromatic carbocycles. The highest BCUT2D eigenvalue weighted by molar-refractivity contribution is 5.79. The third kappa shape index (κ3) is 2.56. The number of ether oxygens (including phenoxy) is 3. The molecule has 0 radical (unpaired) electrons. The van der Waals surface area contributed by atoms with Gasteiger partial charge in [-0.15, -0.1) is 0 Å². The minimum Gasteiger partial charge on any atom is -0.497 e. The Morgan fingerprint density at radius 3 is 1.62 bits per heavy atom. The molecule has 0 saturated carbocycles. The van der Waals surface area contributed by atoms with Gasteiger partial charge in [0.1, 0.15) is 17.2 Å². The summed E-state index contributed by atoms with van der Waals surface area (Å²) in [6.07, 6.45) is 0. The van der Waals surface area contributed by atoms with Crippen LogP contribution in [0.15, 0.2) is 24.3 Å². The Morgan fingerprint density at radius 1 is 0.619 bits per heavy atom. The van der Waals surface area contributed by atoms with Crippen molar-refractivity contribution in [1.29, 1.82) is 0 Å².